The first-order valence-corrected chi connectivity index (χ1v) is 6.21. The van der Waals surface area contributed by atoms with Gasteiger partial charge in [0.2, 0.25) is 0 Å². The third-order valence-electron chi connectivity index (χ3n) is 3.36. The van der Waals surface area contributed by atoms with Crippen molar-refractivity contribution in [3.63, 3.8) is 0 Å². The molecule has 0 N–H and O–H groups in total. The molecular weight excluding hydrogens is 228 g/mol. The first-order valence-electron chi connectivity index (χ1n) is 6.21. The number of nitrogens with zero attached hydrogens (tertiary/aromatic N) is 2. The summed E-state index contributed by atoms with van der Waals surface area (Å²) in [5.74, 6) is 0. The number of benzene rings is 1. The van der Waals surface area contributed by atoms with Crippen molar-refractivity contribution in [2.24, 2.45) is 0 Å². The molecule has 0 saturated heterocycles. The number of likely N-dealkylation sites (N-methyl/N-ethyl adjacent to an activating group) is 1. The number of hydrogen-bond donors (Lipinski definition) is 0. The number of hydrogen-bond acceptors (Lipinski definition) is 3. The molecule has 0 bridgehead atoms. The molecule has 1 rings (SSSR count). The summed E-state index contributed by atoms with van der Waals surface area (Å²) in [5.41, 5.74) is 1.93. The van der Waals surface area contributed by atoms with E-state index in [4.69, 9.17) is 0 Å². The zero-order valence-electron chi connectivity index (χ0n) is 11.6. The van der Waals surface area contributed by atoms with Crippen molar-refractivity contribution in [1.29, 1.82) is 0 Å². The Morgan fingerprint density at radius 1 is 1.39 bits per heavy atom. The minimum atomic E-state index is -1.07. The molecule has 0 unspecified atom stereocenters. The second-order valence-corrected chi connectivity index (χ2v) is 5.00. The maximum Gasteiger partial charge on any atom is 0.262 e. The summed E-state index contributed by atoms with van der Waals surface area (Å²) in [6.07, 6.45) is -0.153. The van der Waals surface area contributed by atoms with Crippen LogP contribution in [0.3, 0.4) is 0 Å². The Kier molecular flexibility index (Phi) is 4.87. The van der Waals surface area contributed by atoms with Crippen LogP contribution in [0, 0.1) is 0 Å². The van der Waals surface area contributed by atoms with Gasteiger partial charge in [-0.2, -0.15) is 0 Å². The zero-order chi connectivity index (χ0) is 13.8. The minimum absolute atomic E-state index is 0.185. The lowest BCUT2D eigenvalue weighted by Gasteiger charge is -2.32. The van der Waals surface area contributed by atoms with Gasteiger partial charge in [-0.3, -0.25) is 0 Å². The van der Waals surface area contributed by atoms with Crippen molar-refractivity contribution >= 4 is 11.8 Å². The number of amides is 1. The monoisotopic (exact) mass is 250 g/mol. The molecule has 1 amide bonds. The van der Waals surface area contributed by atoms with Gasteiger partial charge in [0.15, 0.2) is 0 Å². The van der Waals surface area contributed by atoms with Gasteiger partial charge in [-0.25, -0.2) is 4.48 Å². The first-order chi connectivity index (χ1) is 8.40. The van der Waals surface area contributed by atoms with E-state index in [9.17, 15) is 9.90 Å². The summed E-state index contributed by atoms with van der Waals surface area (Å²) in [6.45, 7) is 3.27. The van der Waals surface area contributed by atoms with Crippen molar-refractivity contribution < 1.29 is 9.90 Å². The lowest BCUT2D eigenvalue weighted by atomic mass is 10.1. The molecule has 1 atom stereocenters. The fourth-order valence-corrected chi connectivity index (χ4v) is 1.79. The molecule has 18 heavy (non-hydrogen) atoms. The molecule has 4 nitrogen and oxygen atoms in total. The molecule has 0 fully saturated rings. The molecular formula is C14H22N2O2. The van der Waals surface area contributed by atoms with E-state index in [2.05, 4.69) is 4.90 Å². The van der Waals surface area contributed by atoms with Gasteiger partial charge >= 0.3 is 0 Å². The van der Waals surface area contributed by atoms with Gasteiger partial charge in [-0.05, 0) is 39.1 Å². The number of rotatable bonds is 5. The van der Waals surface area contributed by atoms with Gasteiger partial charge in [0, 0.05) is 12.6 Å². The van der Waals surface area contributed by atoms with Gasteiger partial charge < -0.3 is 14.8 Å². The molecule has 0 radical (unpaired) electrons. The third-order valence-corrected chi connectivity index (χ3v) is 3.36. The van der Waals surface area contributed by atoms with E-state index in [-0.39, 0.29) is 4.48 Å². The lowest BCUT2D eigenvalue weighted by Crippen LogP contribution is -2.57. The summed E-state index contributed by atoms with van der Waals surface area (Å²) in [5, 5.41) is 11.3. The molecule has 0 spiro atoms. The molecule has 0 saturated carbocycles. The molecule has 0 aliphatic heterocycles. The van der Waals surface area contributed by atoms with Gasteiger partial charge in [0.1, 0.15) is 5.69 Å². The summed E-state index contributed by atoms with van der Waals surface area (Å²) >= 11 is 0. The highest BCUT2D eigenvalue weighted by Gasteiger charge is 2.25. The Morgan fingerprint density at radius 2 is 2.06 bits per heavy atom. The third kappa shape index (κ3) is 3.31. The van der Waals surface area contributed by atoms with Crippen molar-refractivity contribution in [1.82, 2.24) is 9.38 Å². The summed E-state index contributed by atoms with van der Waals surface area (Å²) in [7, 11) is 5.72. The predicted molar refractivity (Wildman–Crippen MR) is 72.4 cm³/mol. The number of quaternary nitrogens is 1. The molecule has 0 heterocycles. The highest BCUT2D eigenvalue weighted by atomic mass is 16.4. The van der Waals surface area contributed by atoms with Crippen molar-refractivity contribution in [2.45, 2.75) is 13.3 Å². The molecule has 0 aliphatic carbocycles. The van der Waals surface area contributed by atoms with Crippen LogP contribution in [0.4, 0.5) is 10.5 Å². The molecule has 1 aromatic rings. The van der Waals surface area contributed by atoms with Gasteiger partial charge in [-0.15, -0.1) is 0 Å². The molecule has 1 aromatic carbocycles. The second-order valence-electron chi connectivity index (χ2n) is 5.00. The average Bonchev–Trinajstić information content (AvgIpc) is 2.35. The largest absolute Gasteiger partial charge is 0.498 e. The SMILES string of the molecule is CC[N@+](C)(C(=O)[O-])c1cccc(CCN(C)C)c1. The summed E-state index contributed by atoms with van der Waals surface area (Å²) in [4.78, 5) is 13.4. The number of carboxylic acid groups (broad SMARTS) is 1. The lowest BCUT2D eigenvalue weighted by molar-refractivity contribution is -0.262. The van der Waals surface area contributed by atoms with Gasteiger partial charge in [0.05, 0.1) is 13.6 Å². The van der Waals surface area contributed by atoms with Gasteiger partial charge in [0.25, 0.3) is 6.09 Å². The Bertz CT molecular complexity index is 418. The predicted octanol–water partition coefficient (Wildman–Crippen LogP) is 1.09. The zero-order valence-corrected chi connectivity index (χ0v) is 11.6. The topological polar surface area (TPSA) is 43.4 Å². The fraction of sp³-hybridized carbons (Fsp3) is 0.500. The van der Waals surface area contributed by atoms with Crippen LogP contribution in [0.15, 0.2) is 24.3 Å². The standard InChI is InChI=1S/C14H22N2O2/c1-5-16(4,14(17)18)13-8-6-7-12(11-13)9-10-15(2)3/h6-8,11H,5,9-10H2,1-4H3/t16-/m0/s1. The van der Waals surface area contributed by atoms with E-state index in [1.165, 1.54) is 0 Å². The van der Waals surface area contributed by atoms with E-state index in [1.807, 2.05) is 45.3 Å². The van der Waals surface area contributed by atoms with Crippen molar-refractivity contribution in [3.8, 4) is 0 Å². The van der Waals surface area contributed by atoms with Crippen molar-refractivity contribution in [3.05, 3.63) is 29.8 Å². The second kappa shape index (κ2) is 5.98. The Morgan fingerprint density at radius 3 is 2.56 bits per heavy atom. The van der Waals surface area contributed by atoms with Crippen LogP contribution < -0.4 is 9.59 Å². The van der Waals surface area contributed by atoms with Crippen LogP contribution in [-0.2, 0) is 6.42 Å². The molecule has 100 valence electrons. The fourth-order valence-electron chi connectivity index (χ4n) is 1.79. The quantitative estimate of drug-likeness (QED) is 0.735. The van der Waals surface area contributed by atoms with Crippen molar-refractivity contribution in [2.75, 3.05) is 34.2 Å². The van der Waals surface area contributed by atoms with Crippen LogP contribution in [0.5, 0.6) is 0 Å². The van der Waals surface area contributed by atoms with Gasteiger partial charge in [-0.1, -0.05) is 12.1 Å². The van der Waals surface area contributed by atoms with Crippen LogP contribution in [0.1, 0.15) is 12.5 Å². The smallest absolute Gasteiger partial charge is 0.262 e. The number of carbonyl (C=O) groups excluding carboxylic acids is 1. The molecule has 4 heteroatoms. The van der Waals surface area contributed by atoms with Crippen LogP contribution in [-0.4, -0.2) is 45.2 Å². The maximum absolute atomic E-state index is 11.3. The Labute approximate surface area is 109 Å². The Hall–Kier alpha value is -1.39. The minimum Gasteiger partial charge on any atom is -0.498 e. The van der Waals surface area contributed by atoms with E-state index >= 15 is 0 Å². The summed E-state index contributed by atoms with van der Waals surface area (Å²) in [6, 6.07) is 7.75. The molecule has 0 aromatic heterocycles. The van der Waals surface area contributed by atoms with Crippen LogP contribution in [0.25, 0.3) is 0 Å². The highest BCUT2D eigenvalue weighted by molar-refractivity contribution is 5.78. The normalized spacial score (nSPS) is 14.5. The van der Waals surface area contributed by atoms with E-state index in [0.29, 0.717) is 6.54 Å². The van der Waals surface area contributed by atoms with Crippen LogP contribution in [0.2, 0.25) is 0 Å². The van der Waals surface area contributed by atoms with E-state index in [0.717, 1.165) is 24.2 Å². The molecule has 0 aliphatic rings. The Balaban J connectivity index is 2.97. The highest BCUT2D eigenvalue weighted by Crippen LogP contribution is 2.22. The number of carbonyl (C=O) groups is 1. The average molecular weight is 250 g/mol. The van der Waals surface area contributed by atoms with E-state index < -0.39 is 6.09 Å². The van der Waals surface area contributed by atoms with Crippen LogP contribution >= 0.6 is 0 Å². The maximum atomic E-state index is 11.3. The summed E-state index contributed by atoms with van der Waals surface area (Å²) < 4.78 is -0.185. The van der Waals surface area contributed by atoms with E-state index in [1.54, 1.807) is 7.05 Å². The first kappa shape index (κ1) is 14.7.